The molecule has 0 atom stereocenters. The minimum Gasteiger partial charge on any atom is -0.353 e. The molecule has 1 fully saturated rings. The molecule has 1 aromatic carbocycles. The van der Waals surface area contributed by atoms with Crippen molar-refractivity contribution >= 4 is 23.1 Å². The van der Waals surface area contributed by atoms with Gasteiger partial charge >= 0.3 is 5.69 Å². The van der Waals surface area contributed by atoms with Gasteiger partial charge in [0.1, 0.15) is 6.54 Å². The number of benzene rings is 1. The van der Waals surface area contributed by atoms with Gasteiger partial charge in [0.25, 0.3) is 0 Å². The maximum atomic E-state index is 12.8. The van der Waals surface area contributed by atoms with Gasteiger partial charge < -0.3 is 10.2 Å². The van der Waals surface area contributed by atoms with Crippen LogP contribution in [0.15, 0.2) is 41.5 Å². The van der Waals surface area contributed by atoms with E-state index in [1.165, 1.54) is 21.9 Å². The zero-order chi connectivity index (χ0) is 20.2. The predicted molar refractivity (Wildman–Crippen MR) is 112 cm³/mol. The van der Waals surface area contributed by atoms with E-state index >= 15 is 0 Å². The fourth-order valence-electron chi connectivity index (χ4n) is 3.75. The van der Waals surface area contributed by atoms with Gasteiger partial charge in [0.2, 0.25) is 11.6 Å². The van der Waals surface area contributed by atoms with Crippen LogP contribution in [-0.4, -0.2) is 38.2 Å². The van der Waals surface area contributed by atoms with Crippen molar-refractivity contribution < 1.29 is 4.79 Å². The first kappa shape index (κ1) is 19.2. The summed E-state index contributed by atoms with van der Waals surface area (Å²) in [5.74, 6) is 0.425. The van der Waals surface area contributed by atoms with Crippen LogP contribution >= 0.6 is 0 Å². The van der Waals surface area contributed by atoms with Gasteiger partial charge in [-0.25, -0.2) is 18.9 Å². The monoisotopic (exact) mass is 394 g/mol. The van der Waals surface area contributed by atoms with Crippen LogP contribution in [0, 0.1) is 0 Å². The van der Waals surface area contributed by atoms with Crippen LogP contribution < -0.4 is 15.9 Å². The smallest absolute Gasteiger partial charge is 0.350 e. The molecule has 8 nitrogen and oxygen atoms in total. The zero-order valence-corrected chi connectivity index (χ0v) is 16.7. The molecule has 0 spiro atoms. The van der Waals surface area contributed by atoms with Gasteiger partial charge in [0.15, 0.2) is 5.82 Å². The molecule has 0 aliphatic carbocycles. The summed E-state index contributed by atoms with van der Waals surface area (Å²) in [6.07, 6.45) is 8.74. The summed E-state index contributed by atoms with van der Waals surface area (Å²) in [6, 6.07) is 7.70. The first-order valence-corrected chi connectivity index (χ1v) is 10.2. The van der Waals surface area contributed by atoms with Crippen molar-refractivity contribution in [3.05, 3.63) is 52.7 Å². The number of aromatic nitrogens is 4. The lowest BCUT2D eigenvalue weighted by atomic mass is 10.1. The van der Waals surface area contributed by atoms with Crippen molar-refractivity contribution in [2.24, 2.45) is 0 Å². The molecule has 1 aliphatic rings. The standard InChI is InChI=1S/C21H26N6O2/c1-2-16-8-7-9-17(14-16)23-18(28)15-27-21(29)26-13-10-22-19(20(26)24-27)25-11-5-3-4-6-12-25/h7-10,13-14H,2-6,11-12,15H2,1H3,(H,23,28). The van der Waals surface area contributed by atoms with Gasteiger partial charge in [-0.15, -0.1) is 5.10 Å². The highest BCUT2D eigenvalue weighted by Crippen LogP contribution is 2.20. The Morgan fingerprint density at radius 2 is 1.97 bits per heavy atom. The van der Waals surface area contributed by atoms with Crippen molar-refractivity contribution in [1.82, 2.24) is 19.2 Å². The molecule has 1 saturated heterocycles. The summed E-state index contributed by atoms with van der Waals surface area (Å²) in [7, 11) is 0. The molecule has 0 radical (unpaired) electrons. The molecule has 0 bridgehead atoms. The Labute approximate surface area is 169 Å². The lowest BCUT2D eigenvalue weighted by molar-refractivity contribution is -0.117. The van der Waals surface area contributed by atoms with Crippen LogP contribution in [-0.2, 0) is 17.8 Å². The summed E-state index contributed by atoms with van der Waals surface area (Å²) in [5.41, 5.74) is 2.02. The first-order valence-electron chi connectivity index (χ1n) is 10.2. The molecule has 0 unspecified atom stereocenters. The molecule has 1 aliphatic heterocycles. The second kappa shape index (κ2) is 8.46. The molecule has 1 N–H and O–H groups in total. The van der Waals surface area contributed by atoms with Crippen LogP contribution in [0.25, 0.3) is 5.65 Å². The third-order valence-electron chi connectivity index (χ3n) is 5.30. The van der Waals surface area contributed by atoms with E-state index < -0.39 is 0 Å². The third kappa shape index (κ3) is 4.16. The number of rotatable bonds is 5. The maximum absolute atomic E-state index is 12.8. The van der Waals surface area contributed by atoms with Gasteiger partial charge in [0, 0.05) is 31.2 Å². The molecule has 1 amide bonds. The van der Waals surface area contributed by atoms with E-state index in [9.17, 15) is 9.59 Å². The number of hydrogen-bond donors (Lipinski definition) is 1. The van der Waals surface area contributed by atoms with Crippen molar-refractivity contribution in [2.75, 3.05) is 23.3 Å². The molecule has 8 heteroatoms. The molecule has 3 heterocycles. The second-order valence-corrected chi connectivity index (χ2v) is 7.39. The van der Waals surface area contributed by atoms with Gasteiger partial charge in [-0.1, -0.05) is 31.9 Å². The fourth-order valence-corrected chi connectivity index (χ4v) is 3.75. The Hall–Kier alpha value is -3.16. The van der Waals surface area contributed by atoms with E-state index in [4.69, 9.17) is 0 Å². The van der Waals surface area contributed by atoms with E-state index in [2.05, 4.69) is 27.2 Å². The highest BCUT2D eigenvalue weighted by atomic mass is 16.2. The Morgan fingerprint density at radius 1 is 1.17 bits per heavy atom. The van der Waals surface area contributed by atoms with Crippen LogP contribution in [0.5, 0.6) is 0 Å². The minimum absolute atomic E-state index is 0.143. The third-order valence-corrected chi connectivity index (χ3v) is 5.30. The Balaban J connectivity index is 1.57. The Kier molecular flexibility index (Phi) is 5.59. The number of aryl methyl sites for hydroxylation is 1. The molecular weight excluding hydrogens is 368 g/mol. The number of amides is 1. The highest BCUT2D eigenvalue weighted by molar-refractivity contribution is 5.90. The Bertz CT molecular complexity index is 1060. The molecule has 2 aromatic heterocycles. The normalized spacial score (nSPS) is 14.7. The fraction of sp³-hybridized carbons (Fsp3) is 0.429. The molecule has 152 valence electrons. The van der Waals surface area contributed by atoms with Crippen LogP contribution in [0.1, 0.15) is 38.2 Å². The number of carbonyl (C=O) groups is 1. The van der Waals surface area contributed by atoms with E-state index in [-0.39, 0.29) is 18.1 Å². The summed E-state index contributed by atoms with van der Waals surface area (Å²) in [4.78, 5) is 31.9. The number of nitrogens with zero attached hydrogens (tertiary/aromatic N) is 5. The average Bonchev–Trinajstić information content (AvgIpc) is 2.90. The lowest BCUT2D eigenvalue weighted by Crippen LogP contribution is -2.28. The highest BCUT2D eigenvalue weighted by Gasteiger charge is 2.19. The van der Waals surface area contributed by atoms with Gasteiger partial charge in [-0.05, 0) is 37.0 Å². The van der Waals surface area contributed by atoms with E-state index in [0.29, 0.717) is 11.5 Å². The van der Waals surface area contributed by atoms with Crippen LogP contribution in [0.3, 0.4) is 0 Å². The van der Waals surface area contributed by atoms with E-state index in [1.54, 1.807) is 12.4 Å². The van der Waals surface area contributed by atoms with E-state index in [1.807, 2.05) is 24.3 Å². The number of hydrogen-bond acceptors (Lipinski definition) is 5. The lowest BCUT2D eigenvalue weighted by Gasteiger charge is -2.20. The minimum atomic E-state index is -0.337. The topological polar surface area (TPSA) is 84.5 Å². The van der Waals surface area contributed by atoms with E-state index in [0.717, 1.165) is 43.6 Å². The van der Waals surface area contributed by atoms with Crippen LogP contribution in [0.2, 0.25) is 0 Å². The van der Waals surface area contributed by atoms with Gasteiger partial charge in [0.05, 0.1) is 0 Å². The number of fused-ring (bicyclic) bond motifs is 1. The summed E-state index contributed by atoms with van der Waals surface area (Å²) < 4.78 is 2.68. The van der Waals surface area contributed by atoms with Crippen molar-refractivity contribution in [1.29, 1.82) is 0 Å². The predicted octanol–water partition coefficient (Wildman–Crippen LogP) is 2.47. The summed E-state index contributed by atoms with van der Waals surface area (Å²) in [6.45, 7) is 3.73. The zero-order valence-electron chi connectivity index (χ0n) is 16.7. The average molecular weight is 394 g/mol. The van der Waals surface area contributed by atoms with Crippen molar-refractivity contribution in [3.63, 3.8) is 0 Å². The summed E-state index contributed by atoms with van der Waals surface area (Å²) >= 11 is 0. The largest absolute Gasteiger partial charge is 0.353 e. The maximum Gasteiger partial charge on any atom is 0.350 e. The SMILES string of the molecule is CCc1cccc(NC(=O)Cn2nc3c(N4CCCCCC4)nccn3c2=O)c1. The van der Waals surface area contributed by atoms with Crippen molar-refractivity contribution in [3.8, 4) is 0 Å². The number of nitrogens with one attached hydrogen (secondary N) is 1. The second-order valence-electron chi connectivity index (χ2n) is 7.39. The molecule has 0 saturated carbocycles. The summed E-state index contributed by atoms with van der Waals surface area (Å²) in [5, 5.41) is 7.28. The molecule has 29 heavy (non-hydrogen) atoms. The number of anilines is 2. The molecule has 3 aromatic rings. The van der Waals surface area contributed by atoms with Crippen LogP contribution in [0.4, 0.5) is 11.5 Å². The van der Waals surface area contributed by atoms with Crippen molar-refractivity contribution in [2.45, 2.75) is 45.6 Å². The Morgan fingerprint density at radius 3 is 2.72 bits per heavy atom. The molecule has 4 rings (SSSR count). The van der Waals surface area contributed by atoms with Gasteiger partial charge in [-0.3, -0.25) is 4.79 Å². The quantitative estimate of drug-likeness (QED) is 0.719. The van der Waals surface area contributed by atoms with Gasteiger partial charge in [-0.2, -0.15) is 0 Å². The number of carbonyl (C=O) groups excluding carboxylic acids is 1. The first-order chi connectivity index (χ1) is 14.2. The molecular formula is C21H26N6O2.